The molecule has 1 aliphatic heterocycles. The minimum atomic E-state index is 0.641. The summed E-state index contributed by atoms with van der Waals surface area (Å²) in [7, 11) is 0. The summed E-state index contributed by atoms with van der Waals surface area (Å²) in [6.45, 7) is 2.94. The Labute approximate surface area is 132 Å². The molecule has 2 aromatic rings. The summed E-state index contributed by atoms with van der Waals surface area (Å²) < 4.78 is 0.885. The van der Waals surface area contributed by atoms with Crippen molar-refractivity contribution in [2.75, 3.05) is 6.54 Å². The van der Waals surface area contributed by atoms with Crippen molar-refractivity contribution in [1.82, 2.24) is 19.9 Å². The van der Waals surface area contributed by atoms with Crippen LogP contribution in [0.4, 0.5) is 0 Å². The summed E-state index contributed by atoms with van der Waals surface area (Å²) in [5.74, 6) is 1.71. The molecule has 2 aromatic heterocycles. The monoisotopic (exact) mass is 344 g/mol. The van der Waals surface area contributed by atoms with Crippen molar-refractivity contribution < 1.29 is 0 Å². The second-order valence-electron chi connectivity index (χ2n) is 5.92. The van der Waals surface area contributed by atoms with Crippen LogP contribution in [0.15, 0.2) is 29.1 Å². The molecule has 4 rings (SSSR count). The van der Waals surface area contributed by atoms with Gasteiger partial charge in [0.25, 0.3) is 0 Å². The molecule has 4 nitrogen and oxygen atoms in total. The van der Waals surface area contributed by atoms with Crippen LogP contribution in [0.5, 0.6) is 0 Å². The second-order valence-corrected chi connectivity index (χ2v) is 6.74. The van der Waals surface area contributed by atoms with Crippen LogP contribution in [0.1, 0.15) is 41.4 Å². The summed E-state index contributed by atoms with van der Waals surface area (Å²) in [6.07, 6.45) is 7.54. The van der Waals surface area contributed by atoms with E-state index in [0.717, 1.165) is 36.5 Å². The Kier molecular flexibility index (Phi) is 3.47. The number of rotatable bonds is 3. The highest BCUT2D eigenvalue weighted by molar-refractivity contribution is 9.10. The lowest BCUT2D eigenvalue weighted by atomic mass is 10.1. The van der Waals surface area contributed by atoms with Crippen molar-refractivity contribution in [1.29, 1.82) is 0 Å². The van der Waals surface area contributed by atoms with E-state index >= 15 is 0 Å². The molecule has 0 unspecified atom stereocenters. The molecule has 108 valence electrons. The quantitative estimate of drug-likeness (QED) is 0.802. The van der Waals surface area contributed by atoms with Gasteiger partial charge in [-0.05, 0) is 40.4 Å². The Bertz CT molecular complexity index is 652. The maximum atomic E-state index is 4.77. The molecule has 2 aliphatic rings. The molecular formula is C16H17BrN4. The highest BCUT2D eigenvalue weighted by Gasteiger charge is 2.28. The van der Waals surface area contributed by atoms with Gasteiger partial charge in [-0.1, -0.05) is 6.07 Å². The van der Waals surface area contributed by atoms with Gasteiger partial charge in [0.2, 0.25) is 0 Å². The van der Waals surface area contributed by atoms with Crippen molar-refractivity contribution in [3.05, 3.63) is 51.8 Å². The van der Waals surface area contributed by atoms with E-state index in [4.69, 9.17) is 4.98 Å². The molecule has 1 aliphatic carbocycles. The third-order valence-electron chi connectivity index (χ3n) is 4.17. The van der Waals surface area contributed by atoms with E-state index in [9.17, 15) is 0 Å². The molecule has 5 heteroatoms. The van der Waals surface area contributed by atoms with Crippen molar-refractivity contribution in [3.63, 3.8) is 0 Å². The fraction of sp³-hybridized carbons (Fsp3) is 0.438. The average molecular weight is 345 g/mol. The standard InChI is InChI=1S/C16H17BrN4/c17-15-4-1-11(7-18-15)9-21-6-5-14-13(10-21)8-19-16(20-14)12-2-3-12/h1,4,7-8,12H,2-3,5-6,9-10H2. The summed E-state index contributed by atoms with van der Waals surface area (Å²) in [4.78, 5) is 16.1. The fourth-order valence-electron chi connectivity index (χ4n) is 2.82. The van der Waals surface area contributed by atoms with E-state index in [2.05, 4.69) is 36.9 Å². The number of hydrogen-bond acceptors (Lipinski definition) is 4. The minimum absolute atomic E-state index is 0.641. The van der Waals surface area contributed by atoms with Crippen molar-refractivity contribution in [2.24, 2.45) is 0 Å². The van der Waals surface area contributed by atoms with Gasteiger partial charge >= 0.3 is 0 Å². The van der Waals surface area contributed by atoms with Crippen LogP contribution < -0.4 is 0 Å². The van der Waals surface area contributed by atoms with E-state index in [1.54, 1.807) is 0 Å². The predicted octanol–water partition coefficient (Wildman–Crippen LogP) is 3.07. The van der Waals surface area contributed by atoms with E-state index in [-0.39, 0.29) is 0 Å². The van der Waals surface area contributed by atoms with Crippen LogP contribution in [0.25, 0.3) is 0 Å². The third-order valence-corrected chi connectivity index (χ3v) is 4.64. The number of pyridine rings is 1. The van der Waals surface area contributed by atoms with Crippen LogP contribution in [0, 0.1) is 0 Å². The van der Waals surface area contributed by atoms with E-state index in [0.29, 0.717) is 5.92 Å². The van der Waals surface area contributed by atoms with Crippen LogP contribution >= 0.6 is 15.9 Å². The summed E-state index contributed by atoms with van der Waals surface area (Å²) >= 11 is 3.37. The topological polar surface area (TPSA) is 41.9 Å². The van der Waals surface area contributed by atoms with Gasteiger partial charge in [-0.25, -0.2) is 15.0 Å². The number of fused-ring (bicyclic) bond motifs is 1. The van der Waals surface area contributed by atoms with Crippen molar-refractivity contribution in [3.8, 4) is 0 Å². The lowest BCUT2D eigenvalue weighted by Crippen LogP contribution is -2.31. The van der Waals surface area contributed by atoms with Gasteiger partial charge in [0, 0.05) is 55.6 Å². The molecule has 0 saturated heterocycles. The molecule has 0 N–H and O–H groups in total. The molecular weight excluding hydrogens is 328 g/mol. The molecule has 0 atom stereocenters. The second kappa shape index (κ2) is 5.46. The van der Waals surface area contributed by atoms with Gasteiger partial charge in [0.15, 0.2) is 0 Å². The molecule has 0 aromatic carbocycles. The predicted molar refractivity (Wildman–Crippen MR) is 83.8 cm³/mol. The zero-order chi connectivity index (χ0) is 14.2. The number of nitrogens with zero attached hydrogens (tertiary/aromatic N) is 4. The first-order chi connectivity index (χ1) is 10.3. The first-order valence-electron chi connectivity index (χ1n) is 7.45. The van der Waals surface area contributed by atoms with Gasteiger partial charge in [-0.2, -0.15) is 0 Å². The summed E-state index contributed by atoms with van der Waals surface area (Å²) in [5.41, 5.74) is 3.80. The lowest BCUT2D eigenvalue weighted by molar-refractivity contribution is 0.242. The van der Waals surface area contributed by atoms with E-state index < -0.39 is 0 Å². The maximum Gasteiger partial charge on any atom is 0.131 e. The fourth-order valence-corrected chi connectivity index (χ4v) is 3.06. The first-order valence-corrected chi connectivity index (χ1v) is 8.25. The minimum Gasteiger partial charge on any atom is -0.294 e. The lowest BCUT2D eigenvalue weighted by Gasteiger charge is -2.28. The average Bonchev–Trinajstić information content (AvgIpc) is 3.34. The molecule has 0 spiro atoms. The highest BCUT2D eigenvalue weighted by atomic mass is 79.9. The van der Waals surface area contributed by atoms with Gasteiger partial charge < -0.3 is 0 Å². The Hall–Kier alpha value is -1.33. The zero-order valence-corrected chi connectivity index (χ0v) is 13.4. The Morgan fingerprint density at radius 2 is 2.10 bits per heavy atom. The SMILES string of the molecule is Brc1ccc(CN2CCc3nc(C4CC4)ncc3C2)cn1. The first kappa shape index (κ1) is 13.3. The van der Waals surface area contributed by atoms with Gasteiger partial charge in [-0.3, -0.25) is 4.90 Å². The van der Waals surface area contributed by atoms with Crippen molar-refractivity contribution >= 4 is 15.9 Å². The maximum absolute atomic E-state index is 4.77. The largest absolute Gasteiger partial charge is 0.294 e. The van der Waals surface area contributed by atoms with E-state index in [1.807, 2.05) is 18.5 Å². The molecule has 0 radical (unpaired) electrons. The van der Waals surface area contributed by atoms with Crippen LogP contribution in [0.3, 0.4) is 0 Å². The van der Waals surface area contributed by atoms with Gasteiger partial charge in [-0.15, -0.1) is 0 Å². The molecule has 21 heavy (non-hydrogen) atoms. The van der Waals surface area contributed by atoms with E-state index in [1.165, 1.54) is 29.7 Å². The van der Waals surface area contributed by atoms with Gasteiger partial charge in [0.05, 0.1) is 0 Å². The molecule has 1 fully saturated rings. The Balaban J connectivity index is 1.47. The molecule has 0 amide bonds. The normalized spacial score (nSPS) is 18.5. The number of halogens is 1. The van der Waals surface area contributed by atoms with Crippen LogP contribution in [-0.2, 0) is 19.5 Å². The third kappa shape index (κ3) is 2.99. The van der Waals surface area contributed by atoms with Crippen LogP contribution in [0.2, 0.25) is 0 Å². The summed E-state index contributed by atoms with van der Waals surface area (Å²) in [5, 5.41) is 0. The van der Waals surface area contributed by atoms with Crippen LogP contribution in [-0.4, -0.2) is 26.4 Å². The number of hydrogen-bond donors (Lipinski definition) is 0. The molecule has 3 heterocycles. The Morgan fingerprint density at radius 1 is 1.19 bits per heavy atom. The van der Waals surface area contributed by atoms with Crippen molar-refractivity contribution in [2.45, 2.75) is 38.3 Å². The Morgan fingerprint density at radius 3 is 2.86 bits per heavy atom. The zero-order valence-electron chi connectivity index (χ0n) is 11.8. The highest BCUT2D eigenvalue weighted by Crippen LogP contribution is 2.38. The number of aromatic nitrogens is 3. The van der Waals surface area contributed by atoms with Gasteiger partial charge in [0.1, 0.15) is 10.4 Å². The smallest absolute Gasteiger partial charge is 0.131 e. The molecule has 0 bridgehead atoms. The molecule has 1 saturated carbocycles. The summed E-state index contributed by atoms with van der Waals surface area (Å²) in [6, 6.07) is 4.12.